The molecule has 1 saturated heterocycles. The third-order valence-electron chi connectivity index (χ3n) is 4.65. The number of nitrogens with one attached hydrogen (secondary N) is 1. The molecule has 2 aliphatic rings. The fourth-order valence-corrected chi connectivity index (χ4v) is 3.00. The number of amides is 2. The molecule has 1 N–H and O–H groups in total. The van der Waals surface area contributed by atoms with Crippen LogP contribution in [0.4, 0.5) is 4.39 Å². The van der Waals surface area contributed by atoms with Gasteiger partial charge in [-0.2, -0.15) is 0 Å². The second kappa shape index (κ2) is 10.1. The summed E-state index contributed by atoms with van der Waals surface area (Å²) in [6, 6.07) is 0. The van der Waals surface area contributed by atoms with Gasteiger partial charge in [-0.1, -0.05) is 31.3 Å². The molecular formula is C20H27FN2O4. The number of allylic oxidation sites excluding steroid dienone is 1. The van der Waals surface area contributed by atoms with E-state index in [-0.39, 0.29) is 18.7 Å². The Bertz CT molecular complexity index is 636. The Morgan fingerprint density at radius 1 is 1.22 bits per heavy atom. The Morgan fingerprint density at radius 2 is 2.04 bits per heavy atom. The molecule has 1 aliphatic heterocycles. The maximum absolute atomic E-state index is 14.7. The molecular weight excluding hydrogens is 351 g/mol. The van der Waals surface area contributed by atoms with Gasteiger partial charge in [-0.15, -0.1) is 5.06 Å². The fourth-order valence-electron chi connectivity index (χ4n) is 3.00. The second-order valence-electron chi connectivity index (χ2n) is 6.95. The van der Waals surface area contributed by atoms with E-state index in [1.165, 1.54) is 0 Å². The first-order chi connectivity index (χ1) is 12.9. The highest BCUT2D eigenvalue weighted by molar-refractivity contribution is 5.88. The first-order valence-electron chi connectivity index (χ1n) is 9.61. The van der Waals surface area contributed by atoms with Crippen LogP contribution < -0.4 is 5.32 Å². The van der Waals surface area contributed by atoms with Crippen molar-refractivity contribution in [3.05, 3.63) is 12.3 Å². The van der Waals surface area contributed by atoms with E-state index in [2.05, 4.69) is 23.7 Å². The molecule has 7 heteroatoms. The molecule has 2 rings (SSSR count). The van der Waals surface area contributed by atoms with Gasteiger partial charge in [-0.25, -0.2) is 9.18 Å². The van der Waals surface area contributed by atoms with Gasteiger partial charge in [-0.05, 0) is 32.1 Å². The van der Waals surface area contributed by atoms with Crippen molar-refractivity contribution in [2.45, 2.75) is 76.3 Å². The molecule has 1 fully saturated rings. The molecule has 2 amide bonds. The van der Waals surface area contributed by atoms with Crippen LogP contribution >= 0.6 is 0 Å². The fraction of sp³-hybridized carbons (Fsp3) is 0.650. The van der Waals surface area contributed by atoms with E-state index in [1.54, 1.807) is 0 Å². The Balaban J connectivity index is 1.60. The molecule has 1 aliphatic carbocycles. The number of alkyl halides is 1. The van der Waals surface area contributed by atoms with Crippen LogP contribution in [0, 0.1) is 11.8 Å². The highest BCUT2D eigenvalue weighted by Crippen LogP contribution is 2.23. The monoisotopic (exact) mass is 378 g/mol. The highest BCUT2D eigenvalue weighted by atomic mass is 19.1. The third-order valence-corrected chi connectivity index (χ3v) is 4.65. The molecule has 1 unspecified atom stereocenters. The van der Waals surface area contributed by atoms with E-state index in [1.807, 2.05) is 0 Å². The van der Waals surface area contributed by atoms with E-state index < -0.39 is 17.5 Å². The zero-order valence-corrected chi connectivity index (χ0v) is 15.7. The Labute approximate surface area is 159 Å². The maximum atomic E-state index is 14.7. The average molecular weight is 378 g/mol. The molecule has 0 radical (unpaired) electrons. The van der Waals surface area contributed by atoms with Crippen LogP contribution in [0.2, 0.25) is 0 Å². The number of halogens is 1. The van der Waals surface area contributed by atoms with E-state index >= 15 is 0 Å². The van der Waals surface area contributed by atoms with Crippen LogP contribution in [0.5, 0.6) is 0 Å². The number of carbonyl (C=O) groups is 3. The summed E-state index contributed by atoms with van der Waals surface area (Å²) < 4.78 is 14.7. The maximum Gasteiger partial charge on any atom is 0.333 e. The van der Waals surface area contributed by atoms with Crippen LogP contribution in [0.25, 0.3) is 0 Å². The van der Waals surface area contributed by atoms with Gasteiger partial charge in [0.2, 0.25) is 5.67 Å². The summed E-state index contributed by atoms with van der Waals surface area (Å²) in [5, 5.41) is 3.57. The zero-order valence-electron chi connectivity index (χ0n) is 15.7. The minimum atomic E-state index is -2.09. The van der Waals surface area contributed by atoms with Gasteiger partial charge in [0.05, 0.1) is 5.70 Å². The lowest BCUT2D eigenvalue weighted by molar-refractivity contribution is -0.186. The van der Waals surface area contributed by atoms with Gasteiger partial charge in [0.15, 0.2) is 0 Å². The summed E-state index contributed by atoms with van der Waals surface area (Å²) in [6.07, 6.45) is 6.11. The van der Waals surface area contributed by atoms with Crippen LogP contribution in [0.3, 0.4) is 0 Å². The van der Waals surface area contributed by atoms with E-state index in [0.717, 1.165) is 17.9 Å². The summed E-state index contributed by atoms with van der Waals surface area (Å²) in [7, 11) is 0. The first kappa shape index (κ1) is 20.9. The van der Waals surface area contributed by atoms with Crippen LogP contribution in [-0.2, 0) is 19.2 Å². The summed E-state index contributed by atoms with van der Waals surface area (Å²) in [5.74, 6) is 3.82. The van der Waals surface area contributed by atoms with Gasteiger partial charge in [0.1, 0.15) is 0 Å². The topological polar surface area (TPSA) is 75.7 Å². The molecule has 0 bridgehead atoms. The van der Waals surface area contributed by atoms with Crippen molar-refractivity contribution < 1.29 is 23.6 Å². The zero-order chi connectivity index (χ0) is 19.7. The smallest absolute Gasteiger partial charge is 0.333 e. The van der Waals surface area contributed by atoms with Gasteiger partial charge in [-0.3, -0.25) is 9.59 Å². The van der Waals surface area contributed by atoms with Gasteiger partial charge in [0.25, 0.3) is 11.8 Å². The minimum absolute atomic E-state index is 0.137. The van der Waals surface area contributed by atoms with Crippen LogP contribution in [0.15, 0.2) is 12.3 Å². The van der Waals surface area contributed by atoms with E-state index in [0.29, 0.717) is 57.2 Å². The third kappa shape index (κ3) is 6.38. The van der Waals surface area contributed by atoms with Crippen LogP contribution in [-0.4, -0.2) is 35.1 Å². The molecule has 27 heavy (non-hydrogen) atoms. The minimum Gasteiger partial charge on any atom is -0.352 e. The second-order valence-corrected chi connectivity index (χ2v) is 6.95. The van der Waals surface area contributed by atoms with Crippen LogP contribution in [0.1, 0.15) is 70.6 Å². The lowest BCUT2D eigenvalue weighted by Gasteiger charge is -2.20. The van der Waals surface area contributed by atoms with Gasteiger partial charge < -0.3 is 10.2 Å². The van der Waals surface area contributed by atoms with Crippen molar-refractivity contribution in [2.75, 3.05) is 6.54 Å². The lowest BCUT2D eigenvalue weighted by Crippen LogP contribution is -2.43. The number of rotatable bonds is 8. The molecule has 0 aromatic rings. The molecule has 0 saturated carbocycles. The molecule has 6 nitrogen and oxygen atoms in total. The average Bonchev–Trinajstić information content (AvgIpc) is 2.93. The summed E-state index contributed by atoms with van der Waals surface area (Å²) in [4.78, 5) is 40.3. The predicted molar refractivity (Wildman–Crippen MR) is 97.5 cm³/mol. The number of hydroxylamine groups is 2. The van der Waals surface area contributed by atoms with Crippen molar-refractivity contribution in [2.24, 2.45) is 0 Å². The van der Waals surface area contributed by atoms with Gasteiger partial charge in [0, 0.05) is 32.2 Å². The SMILES string of the molecule is C=C1CCC(=O)N1OC(=O)CCCCCNC(=O)C1(F)C#CCCCCC1. The van der Waals surface area contributed by atoms with Gasteiger partial charge >= 0.3 is 5.97 Å². The van der Waals surface area contributed by atoms with Crippen molar-refractivity contribution >= 4 is 17.8 Å². The molecule has 1 heterocycles. The first-order valence-corrected chi connectivity index (χ1v) is 9.61. The Kier molecular flexibility index (Phi) is 7.83. The van der Waals surface area contributed by atoms with Crippen molar-refractivity contribution in [1.29, 1.82) is 0 Å². The summed E-state index contributed by atoms with van der Waals surface area (Å²) >= 11 is 0. The quantitative estimate of drug-likeness (QED) is 0.520. The molecule has 148 valence electrons. The summed E-state index contributed by atoms with van der Waals surface area (Å²) in [6.45, 7) is 4.01. The number of unbranched alkanes of at least 4 members (excludes halogenated alkanes) is 2. The van der Waals surface area contributed by atoms with Crippen molar-refractivity contribution in [3.8, 4) is 11.8 Å². The Morgan fingerprint density at radius 3 is 2.78 bits per heavy atom. The predicted octanol–water partition coefficient (Wildman–Crippen LogP) is 2.93. The normalized spacial score (nSPS) is 22.5. The van der Waals surface area contributed by atoms with Crippen molar-refractivity contribution in [1.82, 2.24) is 10.4 Å². The number of carbonyl (C=O) groups excluding carboxylic acids is 3. The standard InChI is InChI=1S/C20H27FN2O4/c1-16-11-12-17(24)23(16)27-18(25)10-6-5-9-15-22-19(26)20(21)13-7-3-2-4-8-14-20/h1-7,9-13,15H2,(H,22,26). The largest absolute Gasteiger partial charge is 0.352 e. The summed E-state index contributed by atoms with van der Waals surface area (Å²) in [5.41, 5.74) is -1.59. The lowest BCUT2D eigenvalue weighted by atomic mass is 9.94. The Hall–Kier alpha value is -2.36. The van der Waals surface area contributed by atoms with E-state index in [9.17, 15) is 18.8 Å². The number of hydrogen-bond acceptors (Lipinski definition) is 4. The molecule has 0 aromatic heterocycles. The number of hydrogen-bond donors (Lipinski definition) is 1. The molecule has 1 atom stereocenters. The molecule has 0 spiro atoms. The molecule has 0 aromatic carbocycles. The van der Waals surface area contributed by atoms with Crippen molar-refractivity contribution in [3.63, 3.8) is 0 Å². The highest BCUT2D eigenvalue weighted by Gasteiger charge is 2.36. The number of nitrogens with zero attached hydrogens (tertiary/aromatic N) is 1. The van der Waals surface area contributed by atoms with E-state index in [4.69, 9.17) is 4.84 Å².